The molecule has 0 spiro atoms. The topological polar surface area (TPSA) is 123 Å². The van der Waals surface area contributed by atoms with Gasteiger partial charge in [0.15, 0.2) is 18.1 Å². The van der Waals surface area contributed by atoms with Crippen LogP contribution in [0.25, 0.3) is 0 Å². The summed E-state index contributed by atoms with van der Waals surface area (Å²) in [4.78, 5) is 37.8. The molecular formula is C22H24ClFN4O5. The van der Waals surface area contributed by atoms with Crippen molar-refractivity contribution in [1.29, 1.82) is 0 Å². The monoisotopic (exact) mass is 478 g/mol. The fraction of sp³-hybridized carbons (Fsp3) is 0.318. The molecular weight excluding hydrogens is 455 g/mol. The third-order valence-corrected chi connectivity index (χ3v) is 5.34. The first-order valence-corrected chi connectivity index (χ1v) is 10.6. The number of nitrogens with two attached hydrogens (primary N) is 1. The summed E-state index contributed by atoms with van der Waals surface area (Å²) in [7, 11) is 1.39. The molecule has 1 saturated heterocycles. The zero-order valence-electron chi connectivity index (χ0n) is 17.9. The van der Waals surface area contributed by atoms with Crippen molar-refractivity contribution in [2.24, 2.45) is 5.73 Å². The standard InChI is InChI=1S/C22H24ClFN4O5/c1-32-18-11-13(10-17(23)20(18)33-12-19(25)29)21(30)28-8-6-16(7-9-28)27-22(31)26-15-4-2-14(24)3-5-15/h2-5,10-11,16H,6-9,12H2,1H3,(H2,25,29)(H2,26,27,31). The highest BCUT2D eigenvalue weighted by atomic mass is 35.5. The van der Waals surface area contributed by atoms with Gasteiger partial charge in [-0.3, -0.25) is 9.59 Å². The number of carbonyl (C=O) groups is 3. The number of nitrogens with one attached hydrogen (secondary N) is 2. The first-order chi connectivity index (χ1) is 15.8. The highest BCUT2D eigenvalue weighted by Gasteiger charge is 2.26. The number of methoxy groups -OCH3 is 1. The van der Waals surface area contributed by atoms with E-state index in [2.05, 4.69) is 10.6 Å². The summed E-state index contributed by atoms with van der Waals surface area (Å²) in [5, 5.41) is 5.63. The highest BCUT2D eigenvalue weighted by molar-refractivity contribution is 6.32. The van der Waals surface area contributed by atoms with Gasteiger partial charge in [0, 0.05) is 30.4 Å². The minimum Gasteiger partial charge on any atom is -0.493 e. The molecule has 11 heteroatoms. The molecule has 2 aromatic carbocycles. The van der Waals surface area contributed by atoms with Crippen LogP contribution in [-0.2, 0) is 4.79 Å². The van der Waals surface area contributed by atoms with Gasteiger partial charge in [-0.15, -0.1) is 0 Å². The fourth-order valence-electron chi connectivity index (χ4n) is 3.42. The summed E-state index contributed by atoms with van der Waals surface area (Å²) in [6, 6.07) is 7.90. The molecule has 3 rings (SSSR count). The van der Waals surface area contributed by atoms with Crippen LogP contribution < -0.4 is 25.8 Å². The molecule has 0 atom stereocenters. The molecule has 176 valence electrons. The molecule has 0 unspecified atom stereocenters. The van der Waals surface area contributed by atoms with E-state index in [4.69, 9.17) is 26.8 Å². The SMILES string of the molecule is COc1cc(C(=O)N2CCC(NC(=O)Nc3ccc(F)cc3)CC2)cc(Cl)c1OCC(N)=O. The summed E-state index contributed by atoms with van der Waals surface area (Å²) >= 11 is 6.23. The van der Waals surface area contributed by atoms with Gasteiger partial charge in [-0.1, -0.05) is 11.6 Å². The van der Waals surface area contributed by atoms with E-state index >= 15 is 0 Å². The number of hydrogen-bond acceptors (Lipinski definition) is 5. The Labute approximate surface area is 195 Å². The maximum atomic E-state index is 13.0. The van der Waals surface area contributed by atoms with E-state index in [1.54, 1.807) is 4.90 Å². The van der Waals surface area contributed by atoms with Crippen molar-refractivity contribution in [3.8, 4) is 11.5 Å². The van der Waals surface area contributed by atoms with Crippen molar-refractivity contribution in [3.05, 3.63) is 52.8 Å². The Kier molecular flexibility index (Phi) is 7.94. The van der Waals surface area contributed by atoms with Crippen LogP contribution in [0.3, 0.4) is 0 Å². The number of carbonyl (C=O) groups excluding carboxylic acids is 3. The number of urea groups is 1. The third-order valence-electron chi connectivity index (χ3n) is 5.05. The number of benzene rings is 2. The average Bonchev–Trinajstić information content (AvgIpc) is 2.79. The van der Waals surface area contributed by atoms with Crippen LogP contribution in [0.2, 0.25) is 5.02 Å². The zero-order chi connectivity index (χ0) is 24.0. The third kappa shape index (κ3) is 6.48. The lowest BCUT2D eigenvalue weighted by Crippen LogP contribution is -2.47. The molecule has 4 amide bonds. The smallest absolute Gasteiger partial charge is 0.319 e. The zero-order valence-corrected chi connectivity index (χ0v) is 18.7. The molecule has 33 heavy (non-hydrogen) atoms. The molecule has 1 heterocycles. The second-order valence-corrected chi connectivity index (χ2v) is 7.82. The number of hydrogen-bond donors (Lipinski definition) is 3. The number of rotatable bonds is 7. The molecule has 9 nitrogen and oxygen atoms in total. The first-order valence-electron chi connectivity index (χ1n) is 10.2. The lowest BCUT2D eigenvalue weighted by Gasteiger charge is -2.32. The number of piperidine rings is 1. The van der Waals surface area contributed by atoms with Gasteiger partial charge in [0.1, 0.15) is 5.82 Å². The van der Waals surface area contributed by atoms with Crippen molar-refractivity contribution < 1.29 is 28.2 Å². The summed E-state index contributed by atoms with van der Waals surface area (Å²) in [5.41, 5.74) is 5.88. The minimum atomic E-state index is -0.670. The van der Waals surface area contributed by atoms with Gasteiger partial charge >= 0.3 is 6.03 Å². The van der Waals surface area contributed by atoms with Gasteiger partial charge in [-0.2, -0.15) is 0 Å². The molecule has 2 aromatic rings. The number of amides is 4. The Hall–Kier alpha value is -3.53. The van der Waals surface area contributed by atoms with Crippen molar-refractivity contribution in [1.82, 2.24) is 10.2 Å². The molecule has 0 saturated carbocycles. The summed E-state index contributed by atoms with van der Waals surface area (Å²) < 4.78 is 23.5. The second-order valence-electron chi connectivity index (χ2n) is 7.42. The van der Waals surface area contributed by atoms with E-state index in [-0.39, 0.29) is 40.9 Å². The largest absolute Gasteiger partial charge is 0.493 e. The summed E-state index contributed by atoms with van der Waals surface area (Å²) in [6.07, 6.45) is 1.13. The quantitative estimate of drug-likeness (QED) is 0.564. The van der Waals surface area contributed by atoms with Crippen LogP contribution in [-0.4, -0.2) is 55.6 Å². The predicted octanol–water partition coefficient (Wildman–Crippen LogP) is 2.78. The predicted molar refractivity (Wildman–Crippen MR) is 120 cm³/mol. The van der Waals surface area contributed by atoms with Gasteiger partial charge in [0.25, 0.3) is 11.8 Å². The summed E-state index contributed by atoms with van der Waals surface area (Å²) in [5.74, 6) is -0.961. The van der Waals surface area contributed by atoms with Crippen LogP contribution in [0.5, 0.6) is 11.5 Å². The molecule has 0 aliphatic carbocycles. The maximum Gasteiger partial charge on any atom is 0.319 e. The van der Waals surface area contributed by atoms with Crippen LogP contribution in [0.15, 0.2) is 36.4 Å². The Balaban J connectivity index is 1.56. The van der Waals surface area contributed by atoms with Crippen molar-refractivity contribution in [2.45, 2.75) is 18.9 Å². The van der Waals surface area contributed by atoms with Crippen molar-refractivity contribution in [2.75, 3.05) is 32.1 Å². The van der Waals surface area contributed by atoms with E-state index in [0.717, 1.165) is 0 Å². The molecule has 1 aliphatic heterocycles. The Morgan fingerprint density at radius 3 is 2.45 bits per heavy atom. The van der Waals surface area contributed by atoms with E-state index < -0.39 is 11.9 Å². The van der Waals surface area contributed by atoms with Gasteiger partial charge in [-0.05, 0) is 49.2 Å². The number of ether oxygens (including phenoxy) is 2. The Morgan fingerprint density at radius 1 is 1.18 bits per heavy atom. The van der Waals surface area contributed by atoms with Gasteiger partial charge < -0.3 is 30.7 Å². The van der Waals surface area contributed by atoms with Gasteiger partial charge in [0.05, 0.1) is 12.1 Å². The van der Waals surface area contributed by atoms with Gasteiger partial charge in [0.2, 0.25) is 0 Å². The molecule has 1 aliphatic rings. The molecule has 0 bridgehead atoms. The number of anilines is 1. The minimum absolute atomic E-state index is 0.114. The van der Waals surface area contributed by atoms with E-state index in [1.165, 1.54) is 43.5 Å². The molecule has 0 aromatic heterocycles. The van der Waals surface area contributed by atoms with Crippen LogP contribution in [0.4, 0.5) is 14.9 Å². The van der Waals surface area contributed by atoms with Crippen LogP contribution in [0, 0.1) is 5.82 Å². The summed E-state index contributed by atoms with van der Waals surface area (Å²) in [6.45, 7) is 0.485. The van der Waals surface area contributed by atoms with Crippen molar-refractivity contribution >= 4 is 35.1 Å². The Morgan fingerprint density at radius 2 is 1.85 bits per heavy atom. The number of primary amides is 1. The van der Waals surface area contributed by atoms with Crippen molar-refractivity contribution in [3.63, 3.8) is 0 Å². The van der Waals surface area contributed by atoms with E-state index in [1.807, 2.05) is 0 Å². The average molecular weight is 479 g/mol. The Bertz CT molecular complexity index is 1030. The fourth-order valence-corrected chi connectivity index (χ4v) is 3.69. The van der Waals surface area contributed by atoms with E-state index in [9.17, 15) is 18.8 Å². The second kappa shape index (κ2) is 10.9. The molecule has 0 radical (unpaired) electrons. The highest BCUT2D eigenvalue weighted by Crippen LogP contribution is 2.37. The lowest BCUT2D eigenvalue weighted by molar-refractivity contribution is -0.119. The molecule has 4 N–H and O–H groups in total. The number of likely N-dealkylation sites (tertiary alicyclic amines) is 1. The lowest BCUT2D eigenvalue weighted by atomic mass is 10.0. The molecule has 1 fully saturated rings. The maximum absolute atomic E-state index is 13.0. The van der Waals surface area contributed by atoms with Gasteiger partial charge in [-0.25, -0.2) is 9.18 Å². The van der Waals surface area contributed by atoms with Crippen LogP contribution >= 0.6 is 11.6 Å². The van der Waals surface area contributed by atoms with E-state index in [0.29, 0.717) is 37.2 Å². The number of halogens is 2. The first kappa shape index (κ1) is 24.1. The van der Waals surface area contributed by atoms with Crippen LogP contribution in [0.1, 0.15) is 23.2 Å². The number of nitrogens with zero attached hydrogens (tertiary/aromatic N) is 1. The normalized spacial score (nSPS) is 13.8.